The molecule has 0 saturated heterocycles. The summed E-state index contributed by atoms with van der Waals surface area (Å²) in [4.78, 5) is 0. The van der Waals surface area contributed by atoms with Crippen LogP contribution in [0.15, 0.2) is 0 Å². The molecule has 0 aliphatic carbocycles. The SMILES string of the molecule is C#CCCCC(C)(O)CO. The molecule has 1 unspecified atom stereocenters. The minimum absolute atomic E-state index is 0.197. The van der Waals surface area contributed by atoms with E-state index in [2.05, 4.69) is 5.92 Å². The number of terminal acetylenes is 1. The maximum absolute atomic E-state index is 9.23. The molecule has 0 rings (SSSR count). The van der Waals surface area contributed by atoms with Crippen molar-refractivity contribution in [1.29, 1.82) is 0 Å². The maximum Gasteiger partial charge on any atom is 0.0849 e. The predicted molar refractivity (Wildman–Crippen MR) is 40.4 cm³/mol. The first-order valence-electron chi connectivity index (χ1n) is 3.39. The van der Waals surface area contributed by atoms with Gasteiger partial charge in [-0.05, 0) is 19.8 Å². The molecule has 0 spiro atoms. The fourth-order valence-electron chi connectivity index (χ4n) is 0.650. The Morgan fingerprint density at radius 1 is 1.60 bits per heavy atom. The van der Waals surface area contributed by atoms with Crippen LogP contribution in [0.4, 0.5) is 0 Å². The van der Waals surface area contributed by atoms with Gasteiger partial charge in [-0.25, -0.2) is 0 Å². The van der Waals surface area contributed by atoms with Crippen LogP contribution in [0, 0.1) is 12.3 Å². The molecular formula is C8H14O2. The van der Waals surface area contributed by atoms with Crippen molar-refractivity contribution >= 4 is 0 Å². The number of aliphatic hydroxyl groups excluding tert-OH is 1. The Hall–Kier alpha value is -0.520. The van der Waals surface area contributed by atoms with E-state index in [1.807, 2.05) is 0 Å². The van der Waals surface area contributed by atoms with Crippen LogP contribution in [0.5, 0.6) is 0 Å². The van der Waals surface area contributed by atoms with Gasteiger partial charge in [0.05, 0.1) is 12.2 Å². The molecule has 0 fully saturated rings. The van der Waals surface area contributed by atoms with Gasteiger partial charge in [0.25, 0.3) is 0 Å². The van der Waals surface area contributed by atoms with Gasteiger partial charge in [-0.2, -0.15) is 0 Å². The fraction of sp³-hybridized carbons (Fsp3) is 0.750. The van der Waals surface area contributed by atoms with Crippen molar-refractivity contribution in [3.8, 4) is 12.3 Å². The minimum atomic E-state index is -0.948. The van der Waals surface area contributed by atoms with E-state index in [-0.39, 0.29) is 6.61 Å². The number of hydrogen-bond donors (Lipinski definition) is 2. The van der Waals surface area contributed by atoms with Gasteiger partial charge in [-0.1, -0.05) is 0 Å². The summed E-state index contributed by atoms with van der Waals surface area (Å²) in [5, 5.41) is 17.8. The summed E-state index contributed by atoms with van der Waals surface area (Å²) in [7, 11) is 0. The van der Waals surface area contributed by atoms with Crippen LogP contribution in [0.1, 0.15) is 26.2 Å². The second kappa shape index (κ2) is 4.32. The van der Waals surface area contributed by atoms with Gasteiger partial charge in [0, 0.05) is 6.42 Å². The molecule has 1 atom stereocenters. The quantitative estimate of drug-likeness (QED) is 0.444. The molecule has 0 aromatic rings. The third-order valence-corrected chi connectivity index (χ3v) is 1.38. The Balaban J connectivity index is 3.39. The smallest absolute Gasteiger partial charge is 0.0849 e. The second-order valence-electron chi connectivity index (χ2n) is 2.71. The molecule has 0 aliphatic heterocycles. The van der Waals surface area contributed by atoms with E-state index in [0.29, 0.717) is 12.8 Å². The summed E-state index contributed by atoms with van der Waals surface area (Å²) in [6.07, 6.45) is 7.00. The van der Waals surface area contributed by atoms with Crippen LogP contribution in [0.3, 0.4) is 0 Å². The van der Waals surface area contributed by atoms with E-state index in [0.717, 1.165) is 6.42 Å². The summed E-state index contributed by atoms with van der Waals surface area (Å²) in [6.45, 7) is 1.40. The molecule has 0 heterocycles. The topological polar surface area (TPSA) is 40.5 Å². The molecule has 0 aromatic carbocycles. The molecule has 0 amide bonds. The lowest BCUT2D eigenvalue weighted by molar-refractivity contribution is -0.00618. The van der Waals surface area contributed by atoms with Crippen molar-refractivity contribution in [3.63, 3.8) is 0 Å². The Morgan fingerprint density at radius 3 is 2.60 bits per heavy atom. The highest BCUT2D eigenvalue weighted by molar-refractivity contribution is 4.84. The summed E-state index contributed by atoms with van der Waals surface area (Å²) in [5.41, 5.74) is -0.948. The average Bonchev–Trinajstić information content (AvgIpc) is 1.89. The Bertz CT molecular complexity index is 122. The van der Waals surface area contributed by atoms with E-state index in [9.17, 15) is 5.11 Å². The van der Waals surface area contributed by atoms with E-state index in [1.165, 1.54) is 0 Å². The lowest BCUT2D eigenvalue weighted by atomic mass is 10.0. The number of unbranched alkanes of at least 4 members (excludes halogenated alkanes) is 1. The molecule has 0 radical (unpaired) electrons. The highest BCUT2D eigenvalue weighted by Gasteiger charge is 2.17. The van der Waals surface area contributed by atoms with Gasteiger partial charge in [0.2, 0.25) is 0 Å². The molecule has 10 heavy (non-hydrogen) atoms. The third-order valence-electron chi connectivity index (χ3n) is 1.38. The Labute approximate surface area is 61.9 Å². The van der Waals surface area contributed by atoms with Gasteiger partial charge in [-0.15, -0.1) is 12.3 Å². The number of rotatable bonds is 4. The zero-order chi connectivity index (χ0) is 8.04. The largest absolute Gasteiger partial charge is 0.393 e. The predicted octanol–water partition coefficient (Wildman–Crippen LogP) is 0.533. The van der Waals surface area contributed by atoms with Crippen molar-refractivity contribution < 1.29 is 10.2 Å². The van der Waals surface area contributed by atoms with E-state index in [4.69, 9.17) is 11.5 Å². The van der Waals surface area contributed by atoms with Crippen LogP contribution >= 0.6 is 0 Å². The Kier molecular flexibility index (Phi) is 4.10. The van der Waals surface area contributed by atoms with E-state index < -0.39 is 5.60 Å². The van der Waals surface area contributed by atoms with Crippen LogP contribution in [-0.4, -0.2) is 22.4 Å². The summed E-state index contributed by atoms with van der Waals surface area (Å²) >= 11 is 0. The molecule has 0 bridgehead atoms. The lowest BCUT2D eigenvalue weighted by Crippen LogP contribution is -2.28. The van der Waals surface area contributed by atoms with Crippen molar-refractivity contribution in [2.24, 2.45) is 0 Å². The fourth-order valence-corrected chi connectivity index (χ4v) is 0.650. The first kappa shape index (κ1) is 9.48. The molecule has 2 nitrogen and oxygen atoms in total. The summed E-state index contributed by atoms with van der Waals surface area (Å²) in [6, 6.07) is 0. The van der Waals surface area contributed by atoms with Gasteiger partial charge in [0.15, 0.2) is 0 Å². The molecule has 2 N–H and O–H groups in total. The zero-order valence-electron chi connectivity index (χ0n) is 6.30. The third kappa shape index (κ3) is 4.37. The lowest BCUT2D eigenvalue weighted by Gasteiger charge is -2.18. The van der Waals surface area contributed by atoms with Crippen molar-refractivity contribution in [3.05, 3.63) is 0 Å². The van der Waals surface area contributed by atoms with Gasteiger partial charge < -0.3 is 10.2 Å². The summed E-state index contributed by atoms with van der Waals surface area (Å²) in [5.74, 6) is 2.47. The van der Waals surface area contributed by atoms with E-state index >= 15 is 0 Å². The standard InChI is InChI=1S/C8H14O2/c1-3-4-5-6-8(2,10)7-9/h1,9-10H,4-7H2,2H3. The molecule has 2 heteroatoms. The number of hydrogen-bond acceptors (Lipinski definition) is 2. The first-order valence-corrected chi connectivity index (χ1v) is 3.39. The van der Waals surface area contributed by atoms with Crippen LogP contribution < -0.4 is 0 Å². The molecule has 0 aromatic heterocycles. The van der Waals surface area contributed by atoms with Gasteiger partial charge in [0.1, 0.15) is 0 Å². The molecule has 0 aliphatic rings. The second-order valence-corrected chi connectivity index (χ2v) is 2.71. The zero-order valence-corrected chi connectivity index (χ0v) is 6.30. The van der Waals surface area contributed by atoms with Gasteiger partial charge in [-0.3, -0.25) is 0 Å². The number of aliphatic hydroxyl groups is 2. The highest BCUT2D eigenvalue weighted by Crippen LogP contribution is 2.11. The molecule has 0 saturated carbocycles. The van der Waals surface area contributed by atoms with Crippen LogP contribution in [0.25, 0.3) is 0 Å². The van der Waals surface area contributed by atoms with Crippen molar-refractivity contribution in [2.75, 3.05) is 6.61 Å². The van der Waals surface area contributed by atoms with Gasteiger partial charge >= 0.3 is 0 Å². The van der Waals surface area contributed by atoms with E-state index in [1.54, 1.807) is 6.92 Å². The highest BCUT2D eigenvalue weighted by atomic mass is 16.3. The Morgan fingerprint density at radius 2 is 2.20 bits per heavy atom. The minimum Gasteiger partial charge on any atom is -0.393 e. The van der Waals surface area contributed by atoms with Crippen LogP contribution in [-0.2, 0) is 0 Å². The van der Waals surface area contributed by atoms with Crippen molar-refractivity contribution in [2.45, 2.75) is 31.8 Å². The molecular weight excluding hydrogens is 128 g/mol. The normalized spacial score (nSPS) is 15.8. The van der Waals surface area contributed by atoms with Crippen molar-refractivity contribution in [1.82, 2.24) is 0 Å². The first-order chi connectivity index (χ1) is 4.62. The van der Waals surface area contributed by atoms with Crippen LogP contribution in [0.2, 0.25) is 0 Å². The average molecular weight is 142 g/mol. The summed E-state index contributed by atoms with van der Waals surface area (Å²) < 4.78 is 0. The maximum atomic E-state index is 9.23. The molecule has 58 valence electrons. The monoisotopic (exact) mass is 142 g/mol.